The van der Waals surface area contributed by atoms with Crippen LogP contribution in [0.5, 0.6) is 0 Å². The highest BCUT2D eigenvalue weighted by atomic mass is 35.5. The molecule has 1 aromatic heterocycles. The minimum atomic E-state index is 0.722. The van der Waals surface area contributed by atoms with Crippen molar-refractivity contribution >= 4 is 17.2 Å². The van der Waals surface area contributed by atoms with Crippen LogP contribution in [-0.4, -0.2) is 4.98 Å². The molecule has 0 saturated heterocycles. The molecule has 0 fully saturated rings. The summed E-state index contributed by atoms with van der Waals surface area (Å²) in [5.74, 6) is 0. The summed E-state index contributed by atoms with van der Waals surface area (Å²) < 4.78 is 0. The molecular weight excluding hydrogens is 170 g/mol. The van der Waals surface area contributed by atoms with E-state index in [1.54, 1.807) is 6.20 Å². The summed E-state index contributed by atoms with van der Waals surface area (Å²) in [5.41, 5.74) is 2.03. The first-order chi connectivity index (χ1) is 5.75. The minimum absolute atomic E-state index is 0.722. The number of hydrogen-bond acceptors (Lipinski definition) is 1. The van der Waals surface area contributed by atoms with E-state index in [9.17, 15) is 0 Å². The molecule has 0 aliphatic carbocycles. The highest BCUT2D eigenvalue weighted by Gasteiger charge is 2.00. The summed E-state index contributed by atoms with van der Waals surface area (Å²) in [4.78, 5) is 4.20. The van der Waals surface area contributed by atoms with Crippen LogP contribution in [0.4, 0.5) is 0 Å². The van der Waals surface area contributed by atoms with Gasteiger partial charge in [-0.2, -0.15) is 0 Å². The topological polar surface area (TPSA) is 12.9 Å². The van der Waals surface area contributed by atoms with Crippen molar-refractivity contribution in [3.8, 4) is 0 Å². The first kappa shape index (κ1) is 9.27. The van der Waals surface area contributed by atoms with Gasteiger partial charge in [0.05, 0.1) is 10.7 Å². The highest BCUT2D eigenvalue weighted by molar-refractivity contribution is 6.32. The Labute approximate surface area is 78.1 Å². The number of allylic oxidation sites excluding steroid dienone is 2. The van der Waals surface area contributed by atoms with Gasteiger partial charge in [0, 0.05) is 6.20 Å². The third-order valence-electron chi connectivity index (χ3n) is 1.64. The second-order valence-corrected chi connectivity index (χ2v) is 3.04. The molecule has 2 heteroatoms. The van der Waals surface area contributed by atoms with Crippen LogP contribution in [0, 0.1) is 0 Å². The van der Waals surface area contributed by atoms with Crippen molar-refractivity contribution in [2.45, 2.75) is 20.3 Å². The monoisotopic (exact) mass is 181 g/mol. The maximum atomic E-state index is 5.95. The van der Waals surface area contributed by atoms with E-state index < -0.39 is 0 Å². The van der Waals surface area contributed by atoms with Gasteiger partial charge in [-0.05, 0) is 31.1 Å². The first-order valence-electron chi connectivity index (χ1n) is 4.03. The molecule has 0 atom stereocenters. The van der Waals surface area contributed by atoms with Gasteiger partial charge in [0.1, 0.15) is 0 Å². The molecule has 0 amide bonds. The number of halogens is 1. The number of pyridine rings is 1. The van der Waals surface area contributed by atoms with Crippen molar-refractivity contribution in [1.29, 1.82) is 0 Å². The zero-order valence-corrected chi connectivity index (χ0v) is 8.10. The number of rotatable bonds is 2. The second kappa shape index (κ2) is 4.27. The molecule has 0 saturated carbocycles. The molecule has 0 radical (unpaired) electrons. The van der Waals surface area contributed by atoms with Crippen LogP contribution in [-0.2, 0) is 0 Å². The lowest BCUT2D eigenvalue weighted by atomic mass is 10.1. The Bertz CT molecular complexity index is 292. The molecule has 0 bridgehead atoms. The minimum Gasteiger partial charge on any atom is -0.255 e. The molecular formula is C10H12ClN. The van der Waals surface area contributed by atoms with Crippen LogP contribution in [0.1, 0.15) is 26.0 Å². The summed E-state index contributed by atoms with van der Waals surface area (Å²) in [5, 5.41) is 0.722. The van der Waals surface area contributed by atoms with Crippen LogP contribution in [0.3, 0.4) is 0 Å². The molecule has 12 heavy (non-hydrogen) atoms. The van der Waals surface area contributed by atoms with Gasteiger partial charge >= 0.3 is 0 Å². The zero-order valence-electron chi connectivity index (χ0n) is 7.34. The van der Waals surface area contributed by atoms with Gasteiger partial charge in [0.2, 0.25) is 0 Å². The molecule has 64 valence electrons. The number of aromatic nitrogens is 1. The Balaban J connectivity index is 3.02. The van der Waals surface area contributed by atoms with Crippen molar-refractivity contribution in [3.63, 3.8) is 0 Å². The summed E-state index contributed by atoms with van der Waals surface area (Å²) in [6, 6.07) is 3.70. The van der Waals surface area contributed by atoms with E-state index in [1.807, 2.05) is 19.1 Å². The van der Waals surface area contributed by atoms with Crippen molar-refractivity contribution in [2.24, 2.45) is 0 Å². The normalized spacial score (nSPS) is 11.8. The predicted octanol–water partition coefficient (Wildman–Crippen LogP) is 3.55. The Morgan fingerprint density at radius 1 is 1.67 bits per heavy atom. The fourth-order valence-corrected chi connectivity index (χ4v) is 1.35. The van der Waals surface area contributed by atoms with Gasteiger partial charge in [-0.25, -0.2) is 0 Å². The predicted molar refractivity (Wildman–Crippen MR) is 53.2 cm³/mol. The summed E-state index contributed by atoms with van der Waals surface area (Å²) in [6.07, 6.45) is 4.89. The Morgan fingerprint density at radius 3 is 3.00 bits per heavy atom. The van der Waals surface area contributed by atoms with Crippen molar-refractivity contribution < 1.29 is 0 Å². The van der Waals surface area contributed by atoms with E-state index in [0.29, 0.717) is 0 Å². The molecule has 1 heterocycles. The molecule has 1 nitrogen and oxygen atoms in total. The van der Waals surface area contributed by atoms with Gasteiger partial charge in [-0.15, -0.1) is 0 Å². The lowest BCUT2D eigenvalue weighted by Gasteiger charge is -2.01. The second-order valence-electron chi connectivity index (χ2n) is 2.63. The van der Waals surface area contributed by atoms with Gasteiger partial charge in [-0.3, -0.25) is 4.98 Å². The SMILES string of the molecule is CC/C=C(\C)c1ncccc1Cl. The quantitative estimate of drug-likeness (QED) is 0.680. The van der Waals surface area contributed by atoms with Crippen LogP contribution in [0.15, 0.2) is 24.4 Å². The van der Waals surface area contributed by atoms with E-state index >= 15 is 0 Å². The Kier molecular flexibility index (Phi) is 3.30. The molecule has 1 aromatic rings. The molecule has 0 N–H and O–H groups in total. The lowest BCUT2D eigenvalue weighted by Crippen LogP contribution is -1.85. The smallest absolute Gasteiger partial charge is 0.0841 e. The summed E-state index contributed by atoms with van der Waals surface area (Å²) >= 11 is 5.95. The van der Waals surface area contributed by atoms with E-state index in [0.717, 1.165) is 22.7 Å². The van der Waals surface area contributed by atoms with E-state index in [2.05, 4.69) is 18.0 Å². The molecule has 0 spiro atoms. The Morgan fingerprint density at radius 2 is 2.42 bits per heavy atom. The van der Waals surface area contributed by atoms with Gasteiger partial charge < -0.3 is 0 Å². The third kappa shape index (κ3) is 2.08. The largest absolute Gasteiger partial charge is 0.255 e. The lowest BCUT2D eigenvalue weighted by molar-refractivity contribution is 1.20. The highest BCUT2D eigenvalue weighted by Crippen LogP contribution is 2.20. The standard InChI is InChI=1S/C10H12ClN/c1-3-5-8(2)10-9(11)6-4-7-12-10/h4-7H,3H2,1-2H3/b8-5+. The molecule has 0 aromatic carbocycles. The number of hydrogen-bond donors (Lipinski definition) is 0. The first-order valence-corrected chi connectivity index (χ1v) is 4.41. The van der Waals surface area contributed by atoms with Crippen molar-refractivity contribution in [3.05, 3.63) is 35.1 Å². The maximum Gasteiger partial charge on any atom is 0.0841 e. The third-order valence-corrected chi connectivity index (χ3v) is 1.95. The van der Waals surface area contributed by atoms with E-state index in [4.69, 9.17) is 11.6 Å². The summed E-state index contributed by atoms with van der Waals surface area (Å²) in [6.45, 7) is 4.12. The van der Waals surface area contributed by atoms with Crippen LogP contribution < -0.4 is 0 Å². The van der Waals surface area contributed by atoms with Gasteiger partial charge in [0.15, 0.2) is 0 Å². The molecule has 1 rings (SSSR count). The zero-order chi connectivity index (χ0) is 8.97. The average molecular weight is 182 g/mol. The summed E-state index contributed by atoms with van der Waals surface area (Å²) in [7, 11) is 0. The molecule has 0 unspecified atom stereocenters. The van der Waals surface area contributed by atoms with Crippen LogP contribution >= 0.6 is 11.6 Å². The van der Waals surface area contributed by atoms with E-state index in [-0.39, 0.29) is 0 Å². The number of nitrogens with zero attached hydrogens (tertiary/aromatic N) is 1. The maximum absolute atomic E-state index is 5.95. The van der Waals surface area contributed by atoms with Gasteiger partial charge in [-0.1, -0.05) is 24.6 Å². The molecule has 0 aliphatic rings. The van der Waals surface area contributed by atoms with E-state index in [1.165, 1.54) is 0 Å². The fraction of sp³-hybridized carbons (Fsp3) is 0.300. The van der Waals surface area contributed by atoms with Crippen LogP contribution in [0.2, 0.25) is 5.02 Å². The average Bonchev–Trinajstić information content (AvgIpc) is 2.05. The fourth-order valence-electron chi connectivity index (χ4n) is 1.08. The molecule has 0 aliphatic heterocycles. The van der Waals surface area contributed by atoms with Gasteiger partial charge in [0.25, 0.3) is 0 Å². The van der Waals surface area contributed by atoms with Crippen molar-refractivity contribution in [1.82, 2.24) is 4.98 Å². The Hall–Kier alpha value is -0.820. The van der Waals surface area contributed by atoms with Crippen molar-refractivity contribution in [2.75, 3.05) is 0 Å². The van der Waals surface area contributed by atoms with Crippen LogP contribution in [0.25, 0.3) is 5.57 Å².